The highest BCUT2D eigenvalue weighted by Gasteiger charge is 2.09. The number of nitrogens with two attached hydrogens (primary N) is 1. The maximum Gasteiger partial charge on any atom is 0.151 e. The van der Waals surface area contributed by atoms with Gasteiger partial charge in [0.05, 0.1) is 23.8 Å². The van der Waals surface area contributed by atoms with Crippen LogP contribution < -0.4 is 10.6 Å². The number of anilines is 2. The molecule has 5 heteroatoms. The summed E-state index contributed by atoms with van der Waals surface area (Å²) in [5.74, 6) is 0.284. The molecule has 0 aliphatic rings. The van der Waals surface area contributed by atoms with Crippen molar-refractivity contribution in [3.63, 3.8) is 0 Å². The van der Waals surface area contributed by atoms with Crippen LogP contribution in [0.4, 0.5) is 15.9 Å². The van der Waals surface area contributed by atoms with E-state index in [0.29, 0.717) is 23.7 Å². The topological polar surface area (TPSA) is 55.0 Å². The van der Waals surface area contributed by atoms with Crippen LogP contribution in [0, 0.1) is 5.82 Å². The Balaban J connectivity index is 2.30. The summed E-state index contributed by atoms with van der Waals surface area (Å²) in [7, 11) is 1.74. The van der Waals surface area contributed by atoms with Crippen LogP contribution in [0.1, 0.15) is 5.69 Å². The summed E-state index contributed by atoms with van der Waals surface area (Å²) in [5, 5.41) is 0. The van der Waals surface area contributed by atoms with Gasteiger partial charge in [0.2, 0.25) is 0 Å². The molecule has 4 nitrogen and oxygen atoms in total. The van der Waals surface area contributed by atoms with Crippen molar-refractivity contribution in [3.05, 3.63) is 48.2 Å². The van der Waals surface area contributed by atoms with Crippen molar-refractivity contribution in [2.24, 2.45) is 5.73 Å². The third-order valence-corrected chi connectivity index (χ3v) is 2.46. The van der Waals surface area contributed by atoms with E-state index in [1.807, 2.05) is 0 Å². The lowest BCUT2D eigenvalue weighted by molar-refractivity contribution is 0.627. The number of halogens is 1. The fourth-order valence-corrected chi connectivity index (χ4v) is 1.47. The molecule has 0 fully saturated rings. The summed E-state index contributed by atoms with van der Waals surface area (Å²) >= 11 is 0. The van der Waals surface area contributed by atoms with Crippen molar-refractivity contribution < 1.29 is 4.39 Å². The third kappa shape index (κ3) is 2.39. The smallest absolute Gasteiger partial charge is 0.151 e. The van der Waals surface area contributed by atoms with E-state index in [2.05, 4.69) is 9.97 Å². The molecule has 0 amide bonds. The van der Waals surface area contributed by atoms with Gasteiger partial charge < -0.3 is 10.6 Å². The number of hydrogen-bond acceptors (Lipinski definition) is 4. The third-order valence-electron chi connectivity index (χ3n) is 2.46. The van der Waals surface area contributed by atoms with Crippen LogP contribution in [-0.2, 0) is 6.54 Å². The van der Waals surface area contributed by atoms with Crippen LogP contribution in [0.3, 0.4) is 0 Å². The van der Waals surface area contributed by atoms with Gasteiger partial charge in [-0.2, -0.15) is 0 Å². The van der Waals surface area contributed by atoms with Gasteiger partial charge in [0.15, 0.2) is 5.82 Å². The monoisotopic (exact) mass is 232 g/mol. The largest absolute Gasteiger partial charge is 0.326 e. The molecule has 0 bridgehead atoms. The maximum atomic E-state index is 13.6. The second-order valence-corrected chi connectivity index (χ2v) is 3.58. The molecule has 0 aliphatic heterocycles. The Hall–Kier alpha value is -2.01. The van der Waals surface area contributed by atoms with E-state index in [1.54, 1.807) is 42.5 Å². The molecule has 0 saturated carbocycles. The highest BCUT2D eigenvalue weighted by Crippen LogP contribution is 2.23. The Morgan fingerprint density at radius 2 is 2.00 bits per heavy atom. The molecule has 2 rings (SSSR count). The normalized spacial score (nSPS) is 10.3. The van der Waals surface area contributed by atoms with E-state index in [0.717, 1.165) is 0 Å². The van der Waals surface area contributed by atoms with Gasteiger partial charge in [-0.05, 0) is 12.1 Å². The van der Waals surface area contributed by atoms with Crippen LogP contribution in [0.15, 0.2) is 36.7 Å². The molecular weight excluding hydrogens is 219 g/mol. The van der Waals surface area contributed by atoms with Gasteiger partial charge in [0.25, 0.3) is 0 Å². The SMILES string of the molecule is CN(c1cnc(CN)cn1)c1ccccc1F. The van der Waals surface area contributed by atoms with Gasteiger partial charge in [-0.25, -0.2) is 9.37 Å². The zero-order valence-corrected chi connectivity index (χ0v) is 9.47. The zero-order chi connectivity index (χ0) is 12.3. The molecule has 0 aliphatic carbocycles. The van der Waals surface area contributed by atoms with Gasteiger partial charge in [-0.3, -0.25) is 4.98 Å². The van der Waals surface area contributed by atoms with Crippen molar-refractivity contribution in [3.8, 4) is 0 Å². The van der Waals surface area contributed by atoms with E-state index in [-0.39, 0.29) is 5.82 Å². The number of rotatable bonds is 3. The lowest BCUT2D eigenvalue weighted by atomic mass is 10.3. The van der Waals surface area contributed by atoms with Crippen molar-refractivity contribution in [2.45, 2.75) is 6.54 Å². The highest BCUT2D eigenvalue weighted by molar-refractivity contribution is 5.58. The van der Waals surface area contributed by atoms with Gasteiger partial charge in [-0.15, -0.1) is 0 Å². The average molecular weight is 232 g/mol. The second kappa shape index (κ2) is 4.88. The first-order valence-corrected chi connectivity index (χ1v) is 5.21. The van der Waals surface area contributed by atoms with E-state index >= 15 is 0 Å². The number of para-hydroxylation sites is 1. The molecule has 0 saturated heterocycles. The molecule has 0 spiro atoms. The maximum absolute atomic E-state index is 13.6. The lowest BCUT2D eigenvalue weighted by Gasteiger charge is -2.18. The predicted octanol–water partition coefficient (Wildman–Crippen LogP) is 1.84. The van der Waals surface area contributed by atoms with E-state index < -0.39 is 0 Å². The summed E-state index contributed by atoms with van der Waals surface area (Å²) in [6.07, 6.45) is 3.17. The molecule has 17 heavy (non-hydrogen) atoms. The molecule has 0 atom stereocenters. The molecule has 1 heterocycles. The van der Waals surface area contributed by atoms with Gasteiger partial charge in [0.1, 0.15) is 5.82 Å². The molecule has 1 aromatic heterocycles. The minimum absolute atomic E-state index is 0.292. The summed E-state index contributed by atoms with van der Waals surface area (Å²) in [4.78, 5) is 9.95. The quantitative estimate of drug-likeness (QED) is 0.877. The fourth-order valence-electron chi connectivity index (χ4n) is 1.47. The van der Waals surface area contributed by atoms with Gasteiger partial charge in [0, 0.05) is 13.6 Å². The van der Waals surface area contributed by atoms with Crippen LogP contribution in [-0.4, -0.2) is 17.0 Å². The highest BCUT2D eigenvalue weighted by atomic mass is 19.1. The number of benzene rings is 1. The number of aromatic nitrogens is 2. The summed E-state index contributed by atoms with van der Waals surface area (Å²) in [6.45, 7) is 0.344. The second-order valence-electron chi connectivity index (χ2n) is 3.58. The molecule has 2 N–H and O–H groups in total. The lowest BCUT2D eigenvalue weighted by Crippen LogP contribution is -2.13. The molecule has 1 aromatic carbocycles. The minimum Gasteiger partial charge on any atom is -0.326 e. The standard InChI is InChI=1S/C12H13FN4/c1-17(11-5-3-2-4-10(11)13)12-8-15-9(6-14)7-16-12/h2-5,7-8H,6,14H2,1H3. The van der Waals surface area contributed by atoms with Crippen LogP contribution >= 0.6 is 0 Å². The zero-order valence-electron chi connectivity index (χ0n) is 9.47. The molecule has 88 valence electrons. The van der Waals surface area contributed by atoms with Gasteiger partial charge >= 0.3 is 0 Å². The van der Waals surface area contributed by atoms with E-state index in [4.69, 9.17) is 5.73 Å². The Kier molecular flexibility index (Phi) is 3.30. The Labute approximate surface area is 98.9 Å². The van der Waals surface area contributed by atoms with Crippen molar-refractivity contribution in [2.75, 3.05) is 11.9 Å². The van der Waals surface area contributed by atoms with E-state index in [9.17, 15) is 4.39 Å². The first-order valence-electron chi connectivity index (χ1n) is 5.21. The summed E-state index contributed by atoms with van der Waals surface area (Å²) in [5.41, 5.74) is 6.60. The molecular formula is C12H13FN4. The Bertz CT molecular complexity index is 498. The Morgan fingerprint density at radius 1 is 1.24 bits per heavy atom. The number of hydrogen-bond donors (Lipinski definition) is 1. The van der Waals surface area contributed by atoms with Crippen molar-refractivity contribution in [1.29, 1.82) is 0 Å². The first kappa shape index (κ1) is 11.5. The van der Waals surface area contributed by atoms with Crippen molar-refractivity contribution >= 4 is 11.5 Å². The minimum atomic E-state index is -0.292. The molecule has 2 aromatic rings. The van der Waals surface area contributed by atoms with E-state index in [1.165, 1.54) is 6.07 Å². The molecule has 0 radical (unpaired) electrons. The Morgan fingerprint density at radius 3 is 2.59 bits per heavy atom. The van der Waals surface area contributed by atoms with Crippen LogP contribution in [0.25, 0.3) is 0 Å². The van der Waals surface area contributed by atoms with Crippen molar-refractivity contribution in [1.82, 2.24) is 9.97 Å². The fraction of sp³-hybridized carbons (Fsp3) is 0.167. The average Bonchev–Trinajstić information content (AvgIpc) is 2.39. The summed E-state index contributed by atoms with van der Waals surface area (Å²) < 4.78 is 13.6. The predicted molar refractivity (Wildman–Crippen MR) is 64.4 cm³/mol. The van der Waals surface area contributed by atoms with Crippen LogP contribution in [0.5, 0.6) is 0 Å². The summed E-state index contributed by atoms with van der Waals surface area (Å²) in [6, 6.07) is 6.52. The number of nitrogens with zero attached hydrogens (tertiary/aromatic N) is 3. The van der Waals surface area contributed by atoms with Crippen LogP contribution in [0.2, 0.25) is 0 Å². The molecule has 0 unspecified atom stereocenters. The first-order chi connectivity index (χ1) is 8.22. The van der Waals surface area contributed by atoms with Gasteiger partial charge in [-0.1, -0.05) is 12.1 Å².